The first-order chi connectivity index (χ1) is 9.66. The van der Waals surface area contributed by atoms with Gasteiger partial charge in [0, 0.05) is 19.2 Å². The molecule has 1 aliphatic rings. The molecule has 112 valence electrons. The van der Waals surface area contributed by atoms with Crippen molar-refractivity contribution >= 4 is 0 Å². The Morgan fingerprint density at radius 2 is 2.15 bits per heavy atom. The highest BCUT2D eigenvalue weighted by atomic mass is 16.5. The molecule has 0 aromatic heterocycles. The smallest absolute Gasteiger partial charge is 0.0953 e. The Labute approximate surface area is 122 Å². The number of hydrogen-bond acceptors (Lipinski definition) is 3. The third-order valence-electron chi connectivity index (χ3n) is 3.75. The largest absolute Gasteiger partial charge is 0.376 e. The van der Waals surface area contributed by atoms with E-state index in [1.807, 2.05) is 0 Å². The summed E-state index contributed by atoms with van der Waals surface area (Å²) in [6, 6.07) is 8.93. The normalized spacial score (nSPS) is 20.5. The van der Waals surface area contributed by atoms with Gasteiger partial charge < -0.3 is 14.8 Å². The van der Waals surface area contributed by atoms with Crippen LogP contribution in [0.25, 0.3) is 0 Å². The van der Waals surface area contributed by atoms with Gasteiger partial charge in [0.15, 0.2) is 0 Å². The van der Waals surface area contributed by atoms with Gasteiger partial charge in [0.05, 0.1) is 18.8 Å². The van der Waals surface area contributed by atoms with Crippen molar-refractivity contribution in [2.75, 3.05) is 19.8 Å². The minimum Gasteiger partial charge on any atom is -0.376 e. The van der Waals surface area contributed by atoms with Crippen LogP contribution in [0.4, 0.5) is 0 Å². The van der Waals surface area contributed by atoms with Gasteiger partial charge in [-0.25, -0.2) is 0 Å². The standard InChI is InChI=1S/C17H27NO2/c1-13(2)18-11-17(16-9-5-4-7-14(16)3)20-12-15-8-6-10-19-15/h4-5,7,9,13,15,17-18H,6,8,10-12H2,1-3H3. The first-order valence-electron chi connectivity index (χ1n) is 7.69. The van der Waals surface area contributed by atoms with Crippen molar-refractivity contribution in [3.05, 3.63) is 35.4 Å². The summed E-state index contributed by atoms with van der Waals surface area (Å²) in [6.07, 6.45) is 2.66. The molecule has 20 heavy (non-hydrogen) atoms. The summed E-state index contributed by atoms with van der Waals surface area (Å²) in [4.78, 5) is 0. The zero-order valence-electron chi connectivity index (χ0n) is 12.9. The van der Waals surface area contributed by atoms with E-state index in [9.17, 15) is 0 Å². The SMILES string of the molecule is Cc1ccccc1C(CNC(C)C)OCC1CCCO1. The van der Waals surface area contributed by atoms with Crippen LogP contribution in [-0.2, 0) is 9.47 Å². The van der Waals surface area contributed by atoms with Gasteiger partial charge in [0.25, 0.3) is 0 Å². The van der Waals surface area contributed by atoms with Crippen LogP contribution in [0.3, 0.4) is 0 Å². The second-order valence-electron chi connectivity index (χ2n) is 5.88. The van der Waals surface area contributed by atoms with E-state index in [4.69, 9.17) is 9.47 Å². The molecule has 0 aliphatic carbocycles. The van der Waals surface area contributed by atoms with E-state index < -0.39 is 0 Å². The summed E-state index contributed by atoms with van der Waals surface area (Å²) in [6.45, 7) is 8.89. The van der Waals surface area contributed by atoms with Crippen molar-refractivity contribution in [2.24, 2.45) is 0 Å². The second-order valence-corrected chi connectivity index (χ2v) is 5.88. The van der Waals surface area contributed by atoms with Gasteiger partial charge in [-0.3, -0.25) is 0 Å². The Morgan fingerprint density at radius 3 is 2.80 bits per heavy atom. The molecule has 1 aliphatic heterocycles. The predicted molar refractivity (Wildman–Crippen MR) is 82.0 cm³/mol. The van der Waals surface area contributed by atoms with Crippen molar-refractivity contribution in [2.45, 2.75) is 51.9 Å². The van der Waals surface area contributed by atoms with Gasteiger partial charge in [-0.1, -0.05) is 38.1 Å². The van der Waals surface area contributed by atoms with Crippen LogP contribution >= 0.6 is 0 Å². The van der Waals surface area contributed by atoms with Gasteiger partial charge in [0.2, 0.25) is 0 Å². The minimum atomic E-state index is 0.0998. The molecule has 2 atom stereocenters. The molecule has 1 aromatic carbocycles. The van der Waals surface area contributed by atoms with E-state index in [0.29, 0.717) is 12.6 Å². The highest BCUT2D eigenvalue weighted by molar-refractivity contribution is 5.28. The molecule has 0 saturated carbocycles. The Balaban J connectivity index is 1.97. The maximum atomic E-state index is 6.16. The van der Waals surface area contributed by atoms with Gasteiger partial charge >= 0.3 is 0 Å². The molecule has 1 saturated heterocycles. The average molecular weight is 277 g/mol. The van der Waals surface area contributed by atoms with Crippen LogP contribution in [0.1, 0.15) is 43.9 Å². The summed E-state index contributed by atoms with van der Waals surface area (Å²) in [5.74, 6) is 0. The molecule has 0 spiro atoms. The molecule has 2 rings (SSSR count). The topological polar surface area (TPSA) is 30.5 Å². The summed E-state index contributed by atoms with van der Waals surface area (Å²) in [7, 11) is 0. The molecule has 1 heterocycles. The fourth-order valence-electron chi connectivity index (χ4n) is 2.55. The van der Waals surface area contributed by atoms with E-state index in [-0.39, 0.29) is 12.2 Å². The lowest BCUT2D eigenvalue weighted by Gasteiger charge is -2.23. The monoisotopic (exact) mass is 277 g/mol. The lowest BCUT2D eigenvalue weighted by molar-refractivity contribution is -0.0216. The zero-order valence-corrected chi connectivity index (χ0v) is 12.9. The third kappa shape index (κ3) is 4.58. The number of benzene rings is 1. The number of aryl methyl sites for hydroxylation is 1. The highest BCUT2D eigenvalue weighted by Crippen LogP contribution is 2.22. The molecule has 1 fully saturated rings. The van der Waals surface area contributed by atoms with Crippen molar-refractivity contribution in [1.82, 2.24) is 5.32 Å². The van der Waals surface area contributed by atoms with Crippen LogP contribution in [0.2, 0.25) is 0 Å². The maximum Gasteiger partial charge on any atom is 0.0953 e. The van der Waals surface area contributed by atoms with E-state index in [1.54, 1.807) is 0 Å². The summed E-state index contributed by atoms with van der Waals surface area (Å²) in [5.41, 5.74) is 2.56. The Bertz CT molecular complexity index is 400. The molecule has 0 amide bonds. The fourth-order valence-corrected chi connectivity index (χ4v) is 2.55. The van der Waals surface area contributed by atoms with Crippen LogP contribution < -0.4 is 5.32 Å². The lowest BCUT2D eigenvalue weighted by Crippen LogP contribution is -2.30. The Hall–Kier alpha value is -0.900. The number of ether oxygens (including phenoxy) is 2. The summed E-state index contributed by atoms with van der Waals surface area (Å²) in [5, 5.41) is 3.48. The molecule has 1 aromatic rings. The van der Waals surface area contributed by atoms with E-state index >= 15 is 0 Å². The molecular formula is C17H27NO2. The minimum absolute atomic E-state index is 0.0998. The van der Waals surface area contributed by atoms with Crippen LogP contribution in [0.15, 0.2) is 24.3 Å². The first-order valence-corrected chi connectivity index (χ1v) is 7.69. The van der Waals surface area contributed by atoms with Gasteiger partial charge in [0.1, 0.15) is 0 Å². The summed E-state index contributed by atoms with van der Waals surface area (Å²) >= 11 is 0. The Kier molecular flexibility index (Phi) is 6.02. The van der Waals surface area contributed by atoms with E-state index in [1.165, 1.54) is 11.1 Å². The molecule has 2 unspecified atom stereocenters. The molecular weight excluding hydrogens is 250 g/mol. The third-order valence-corrected chi connectivity index (χ3v) is 3.75. The van der Waals surface area contributed by atoms with E-state index in [2.05, 4.69) is 50.4 Å². The quantitative estimate of drug-likeness (QED) is 0.830. The molecule has 1 N–H and O–H groups in total. The fraction of sp³-hybridized carbons (Fsp3) is 0.647. The van der Waals surface area contributed by atoms with Crippen LogP contribution in [0, 0.1) is 6.92 Å². The lowest BCUT2D eigenvalue weighted by atomic mass is 10.0. The second kappa shape index (κ2) is 7.77. The number of rotatable bonds is 7. The first kappa shape index (κ1) is 15.5. The van der Waals surface area contributed by atoms with Crippen molar-refractivity contribution < 1.29 is 9.47 Å². The van der Waals surface area contributed by atoms with Crippen molar-refractivity contribution in [1.29, 1.82) is 0 Å². The maximum absolute atomic E-state index is 6.16. The van der Waals surface area contributed by atoms with Gasteiger partial charge in [-0.2, -0.15) is 0 Å². The number of hydrogen-bond donors (Lipinski definition) is 1. The predicted octanol–water partition coefficient (Wildman–Crippen LogP) is 3.23. The van der Waals surface area contributed by atoms with Gasteiger partial charge in [-0.05, 0) is 30.9 Å². The van der Waals surface area contributed by atoms with Crippen molar-refractivity contribution in [3.8, 4) is 0 Å². The molecule has 3 heteroatoms. The Morgan fingerprint density at radius 1 is 1.35 bits per heavy atom. The van der Waals surface area contributed by atoms with Crippen LogP contribution in [0.5, 0.6) is 0 Å². The van der Waals surface area contributed by atoms with Crippen LogP contribution in [-0.4, -0.2) is 31.9 Å². The average Bonchev–Trinajstić information content (AvgIpc) is 2.93. The molecule has 0 bridgehead atoms. The van der Waals surface area contributed by atoms with Crippen molar-refractivity contribution in [3.63, 3.8) is 0 Å². The summed E-state index contributed by atoms with van der Waals surface area (Å²) < 4.78 is 11.8. The van der Waals surface area contributed by atoms with Gasteiger partial charge in [-0.15, -0.1) is 0 Å². The zero-order chi connectivity index (χ0) is 14.4. The molecule has 0 radical (unpaired) electrons. The number of nitrogens with one attached hydrogen (secondary N) is 1. The molecule has 3 nitrogen and oxygen atoms in total. The van der Waals surface area contributed by atoms with E-state index in [0.717, 1.165) is 26.0 Å². The highest BCUT2D eigenvalue weighted by Gasteiger charge is 2.20.